The summed E-state index contributed by atoms with van der Waals surface area (Å²) in [6.07, 6.45) is 0.270. The molecular formula is C15H20N2O2. The average molecular weight is 260 g/mol. The van der Waals surface area contributed by atoms with Gasteiger partial charge in [-0.2, -0.15) is 0 Å². The van der Waals surface area contributed by atoms with E-state index >= 15 is 0 Å². The van der Waals surface area contributed by atoms with E-state index in [9.17, 15) is 9.59 Å². The van der Waals surface area contributed by atoms with Crippen molar-refractivity contribution in [1.29, 1.82) is 0 Å². The number of hydrogen-bond donors (Lipinski definition) is 1. The lowest BCUT2D eigenvalue weighted by Crippen LogP contribution is -2.38. The lowest BCUT2D eigenvalue weighted by molar-refractivity contribution is -0.141. The summed E-state index contributed by atoms with van der Waals surface area (Å²) in [7, 11) is 0. The van der Waals surface area contributed by atoms with E-state index in [1.165, 1.54) is 4.90 Å². The Labute approximate surface area is 113 Å². The van der Waals surface area contributed by atoms with Crippen LogP contribution in [0.5, 0.6) is 0 Å². The van der Waals surface area contributed by atoms with Crippen molar-refractivity contribution in [3.8, 4) is 0 Å². The topological polar surface area (TPSA) is 63.4 Å². The minimum atomic E-state index is -0.593. The maximum Gasteiger partial charge on any atom is 0.235 e. The molecule has 1 aliphatic rings. The molecule has 102 valence electrons. The predicted octanol–water partition coefficient (Wildman–Crippen LogP) is 1.78. The minimum absolute atomic E-state index is 0.125. The first-order valence-corrected chi connectivity index (χ1v) is 6.48. The highest BCUT2D eigenvalue weighted by atomic mass is 16.2. The molecule has 2 amide bonds. The van der Waals surface area contributed by atoms with Gasteiger partial charge >= 0.3 is 0 Å². The number of rotatable bonds is 3. The van der Waals surface area contributed by atoms with Gasteiger partial charge in [0.05, 0.1) is 5.41 Å². The molecule has 0 saturated carbocycles. The molecule has 1 atom stereocenters. The van der Waals surface area contributed by atoms with Crippen molar-refractivity contribution in [2.24, 2.45) is 11.1 Å². The van der Waals surface area contributed by atoms with E-state index in [1.807, 2.05) is 31.2 Å². The maximum absolute atomic E-state index is 12.1. The van der Waals surface area contributed by atoms with Crippen molar-refractivity contribution >= 4 is 11.8 Å². The quantitative estimate of drug-likeness (QED) is 0.843. The number of hydrogen-bond acceptors (Lipinski definition) is 3. The summed E-state index contributed by atoms with van der Waals surface area (Å²) in [5, 5.41) is 0. The van der Waals surface area contributed by atoms with Gasteiger partial charge in [0.25, 0.3) is 0 Å². The molecule has 1 aromatic rings. The van der Waals surface area contributed by atoms with Crippen LogP contribution in [0.3, 0.4) is 0 Å². The molecule has 2 rings (SSSR count). The van der Waals surface area contributed by atoms with Crippen LogP contribution in [0.2, 0.25) is 0 Å². The van der Waals surface area contributed by atoms with E-state index in [4.69, 9.17) is 5.73 Å². The molecule has 1 aliphatic heterocycles. The Morgan fingerprint density at radius 2 is 1.84 bits per heavy atom. The maximum atomic E-state index is 12.1. The van der Waals surface area contributed by atoms with Gasteiger partial charge in [0.15, 0.2) is 0 Å². The molecule has 1 heterocycles. The van der Waals surface area contributed by atoms with Crippen LogP contribution < -0.4 is 5.73 Å². The van der Waals surface area contributed by atoms with Crippen LogP contribution in [-0.2, 0) is 9.59 Å². The van der Waals surface area contributed by atoms with Crippen LogP contribution >= 0.6 is 0 Å². The van der Waals surface area contributed by atoms with Gasteiger partial charge in [-0.25, -0.2) is 0 Å². The summed E-state index contributed by atoms with van der Waals surface area (Å²) >= 11 is 0. The van der Waals surface area contributed by atoms with Crippen LogP contribution in [0.4, 0.5) is 0 Å². The average Bonchev–Trinajstić information content (AvgIpc) is 2.52. The molecule has 0 aliphatic carbocycles. The molecule has 1 saturated heterocycles. The molecule has 0 aromatic heterocycles. The molecule has 4 heteroatoms. The molecule has 2 N–H and O–H groups in total. The summed E-state index contributed by atoms with van der Waals surface area (Å²) in [5.41, 5.74) is 7.60. The van der Waals surface area contributed by atoms with Gasteiger partial charge in [-0.05, 0) is 12.5 Å². The number of aryl methyl sites for hydroxylation is 1. The standard InChI is InChI=1S/C15H20N2O2/c1-10-4-6-11(7-5-10)12(16)9-17-13(18)8-15(2,3)14(17)19/h4-7,12H,8-9,16H2,1-3H3. The Kier molecular flexibility index (Phi) is 3.45. The second-order valence-electron chi connectivity index (χ2n) is 5.89. The number of amides is 2. The fourth-order valence-corrected chi connectivity index (χ4v) is 2.33. The van der Waals surface area contributed by atoms with Gasteiger partial charge in [0, 0.05) is 19.0 Å². The molecule has 1 unspecified atom stereocenters. The van der Waals surface area contributed by atoms with Crippen LogP contribution in [0.1, 0.15) is 37.4 Å². The predicted molar refractivity (Wildman–Crippen MR) is 73.2 cm³/mol. The molecular weight excluding hydrogens is 240 g/mol. The smallest absolute Gasteiger partial charge is 0.235 e. The third-order valence-electron chi connectivity index (χ3n) is 3.60. The highest BCUT2D eigenvalue weighted by Gasteiger charge is 2.44. The summed E-state index contributed by atoms with van der Waals surface area (Å²) in [6, 6.07) is 7.51. The largest absolute Gasteiger partial charge is 0.322 e. The third-order valence-corrected chi connectivity index (χ3v) is 3.60. The third kappa shape index (κ3) is 2.68. The van der Waals surface area contributed by atoms with E-state index in [0.717, 1.165) is 11.1 Å². The molecule has 0 spiro atoms. The number of imide groups is 1. The van der Waals surface area contributed by atoms with E-state index in [-0.39, 0.29) is 30.8 Å². The van der Waals surface area contributed by atoms with Crippen molar-refractivity contribution < 1.29 is 9.59 Å². The van der Waals surface area contributed by atoms with Gasteiger partial charge in [-0.3, -0.25) is 14.5 Å². The fourth-order valence-electron chi connectivity index (χ4n) is 2.33. The first-order valence-electron chi connectivity index (χ1n) is 6.48. The van der Waals surface area contributed by atoms with E-state index in [2.05, 4.69) is 0 Å². The fraction of sp³-hybridized carbons (Fsp3) is 0.467. The Hall–Kier alpha value is -1.68. The first kappa shape index (κ1) is 13.7. The van der Waals surface area contributed by atoms with Crippen molar-refractivity contribution in [3.05, 3.63) is 35.4 Å². The second kappa shape index (κ2) is 4.78. The molecule has 0 radical (unpaired) electrons. The molecule has 4 nitrogen and oxygen atoms in total. The highest BCUT2D eigenvalue weighted by Crippen LogP contribution is 2.32. The Morgan fingerprint density at radius 3 is 2.32 bits per heavy atom. The molecule has 1 aromatic carbocycles. The van der Waals surface area contributed by atoms with Gasteiger partial charge in [-0.15, -0.1) is 0 Å². The number of nitrogens with zero attached hydrogens (tertiary/aromatic N) is 1. The summed E-state index contributed by atoms with van der Waals surface area (Å²) in [4.78, 5) is 25.3. The zero-order valence-corrected chi connectivity index (χ0v) is 11.6. The number of nitrogens with two attached hydrogens (primary N) is 1. The SMILES string of the molecule is Cc1ccc(C(N)CN2C(=O)CC(C)(C)C2=O)cc1. The van der Waals surface area contributed by atoms with Crippen LogP contribution in [0, 0.1) is 12.3 Å². The van der Waals surface area contributed by atoms with Crippen LogP contribution in [-0.4, -0.2) is 23.3 Å². The Morgan fingerprint density at radius 1 is 1.26 bits per heavy atom. The zero-order chi connectivity index (χ0) is 14.2. The lowest BCUT2D eigenvalue weighted by Gasteiger charge is -2.21. The Bertz CT molecular complexity index is 505. The van der Waals surface area contributed by atoms with E-state index < -0.39 is 5.41 Å². The number of likely N-dealkylation sites (tertiary alicyclic amines) is 1. The van der Waals surface area contributed by atoms with E-state index in [1.54, 1.807) is 13.8 Å². The van der Waals surface area contributed by atoms with Crippen LogP contribution in [0.25, 0.3) is 0 Å². The van der Waals surface area contributed by atoms with E-state index in [0.29, 0.717) is 0 Å². The van der Waals surface area contributed by atoms with Gasteiger partial charge in [0.2, 0.25) is 11.8 Å². The van der Waals surface area contributed by atoms with Crippen LogP contribution in [0.15, 0.2) is 24.3 Å². The van der Waals surface area contributed by atoms with Gasteiger partial charge < -0.3 is 5.73 Å². The van der Waals surface area contributed by atoms with Gasteiger partial charge in [-0.1, -0.05) is 43.7 Å². The van der Waals surface area contributed by atoms with Gasteiger partial charge in [0.1, 0.15) is 0 Å². The first-order chi connectivity index (χ1) is 8.81. The lowest BCUT2D eigenvalue weighted by atomic mass is 9.92. The summed E-state index contributed by atoms with van der Waals surface area (Å²) in [6.45, 7) is 5.85. The molecule has 0 bridgehead atoms. The number of carbonyl (C=O) groups is 2. The minimum Gasteiger partial charge on any atom is -0.322 e. The second-order valence-corrected chi connectivity index (χ2v) is 5.89. The van der Waals surface area contributed by atoms with Crippen molar-refractivity contribution in [1.82, 2.24) is 4.90 Å². The molecule has 1 fully saturated rings. The number of benzene rings is 1. The highest BCUT2D eigenvalue weighted by molar-refractivity contribution is 6.05. The molecule has 19 heavy (non-hydrogen) atoms. The summed E-state index contributed by atoms with van der Waals surface area (Å²) in [5.74, 6) is -0.252. The normalized spacial score (nSPS) is 19.9. The monoisotopic (exact) mass is 260 g/mol. The zero-order valence-electron chi connectivity index (χ0n) is 11.6. The summed E-state index contributed by atoms with van der Waals surface area (Å²) < 4.78 is 0. The van der Waals surface area contributed by atoms with Crippen molar-refractivity contribution in [2.75, 3.05) is 6.54 Å². The van der Waals surface area contributed by atoms with Crippen molar-refractivity contribution in [2.45, 2.75) is 33.2 Å². The Balaban J connectivity index is 2.11. The van der Waals surface area contributed by atoms with Crippen molar-refractivity contribution in [3.63, 3.8) is 0 Å². The number of carbonyl (C=O) groups excluding carboxylic acids is 2.